The van der Waals surface area contributed by atoms with E-state index in [0.717, 1.165) is 24.2 Å². The van der Waals surface area contributed by atoms with E-state index in [1.165, 1.54) is 4.90 Å². The van der Waals surface area contributed by atoms with E-state index in [1.807, 2.05) is 60.7 Å². The first-order chi connectivity index (χ1) is 18.1. The monoisotopic (exact) mass is 497 g/mol. The van der Waals surface area contributed by atoms with Gasteiger partial charge in [-0.1, -0.05) is 61.9 Å². The van der Waals surface area contributed by atoms with Crippen molar-refractivity contribution in [2.75, 3.05) is 24.6 Å². The molecule has 0 bridgehead atoms. The number of para-hydroxylation sites is 3. The lowest BCUT2D eigenvalue weighted by atomic mass is 10.2. The Morgan fingerprint density at radius 1 is 0.946 bits per heavy atom. The molecule has 1 fully saturated rings. The number of amidine groups is 1. The van der Waals surface area contributed by atoms with Crippen molar-refractivity contribution < 1.29 is 19.1 Å². The van der Waals surface area contributed by atoms with Crippen LogP contribution in [-0.2, 0) is 14.3 Å². The molecular formula is C30H31N3O4. The highest BCUT2D eigenvalue weighted by Crippen LogP contribution is 2.28. The number of ether oxygens (including phenoxy) is 2. The molecule has 1 saturated heterocycles. The topological polar surface area (TPSA) is 71.4 Å². The fourth-order valence-corrected chi connectivity index (χ4v) is 3.95. The first-order valence-electron chi connectivity index (χ1n) is 12.5. The predicted molar refractivity (Wildman–Crippen MR) is 145 cm³/mol. The van der Waals surface area contributed by atoms with Gasteiger partial charge in [-0.3, -0.25) is 9.69 Å². The molecule has 0 atom stereocenters. The third kappa shape index (κ3) is 6.25. The fourth-order valence-electron chi connectivity index (χ4n) is 3.95. The molecule has 37 heavy (non-hydrogen) atoms. The minimum absolute atomic E-state index is 0.160. The van der Waals surface area contributed by atoms with Gasteiger partial charge in [0.2, 0.25) is 0 Å². The summed E-state index contributed by atoms with van der Waals surface area (Å²) in [7, 11) is 0. The number of hydrogen-bond acceptors (Lipinski definition) is 6. The number of hydrogen-bond donors (Lipinski definition) is 0. The van der Waals surface area contributed by atoms with Gasteiger partial charge in [-0.25, -0.2) is 4.79 Å². The molecule has 4 rings (SSSR count). The Bertz CT molecular complexity index is 1230. The van der Waals surface area contributed by atoms with Crippen LogP contribution in [0.5, 0.6) is 0 Å². The molecule has 0 saturated carbocycles. The van der Waals surface area contributed by atoms with E-state index in [9.17, 15) is 9.59 Å². The third-order valence-corrected chi connectivity index (χ3v) is 5.83. The van der Waals surface area contributed by atoms with Crippen LogP contribution in [0.1, 0.15) is 37.0 Å². The summed E-state index contributed by atoms with van der Waals surface area (Å²) >= 11 is 0. The van der Waals surface area contributed by atoms with Crippen LogP contribution in [0.15, 0.2) is 102 Å². The maximum atomic E-state index is 13.4. The van der Waals surface area contributed by atoms with Gasteiger partial charge in [-0.15, -0.1) is 0 Å². The Balaban J connectivity index is 1.65. The van der Waals surface area contributed by atoms with Gasteiger partial charge in [0.15, 0.2) is 5.76 Å². The van der Waals surface area contributed by atoms with Crippen molar-refractivity contribution in [3.63, 3.8) is 0 Å². The molecule has 1 heterocycles. The summed E-state index contributed by atoms with van der Waals surface area (Å²) in [6.45, 7) is 4.96. The molecular weight excluding hydrogens is 466 g/mol. The molecule has 1 aliphatic rings. The van der Waals surface area contributed by atoms with Crippen molar-refractivity contribution in [3.05, 3.63) is 102 Å². The Morgan fingerprint density at radius 3 is 2.19 bits per heavy atom. The summed E-state index contributed by atoms with van der Waals surface area (Å²) in [5.41, 5.74) is 2.70. The number of aliphatic imine (C=N–C) groups is 1. The molecule has 0 radical (unpaired) electrons. The number of amides is 1. The fraction of sp³-hybridized carbons (Fsp3) is 0.233. The summed E-state index contributed by atoms with van der Waals surface area (Å²) < 4.78 is 11.2. The lowest BCUT2D eigenvalue weighted by molar-refractivity contribution is -0.123. The Hall–Kier alpha value is -4.39. The molecule has 0 N–H and O–H groups in total. The predicted octanol–water partition coefficient (Wildman–Crippen LogP) is 6.23. The number of unbranched alkanes of at least 4 members (excludes halogenated alkanes) is 1. The minimum atomic E-state index is -0.469. The van der Waals surface area contributed by atoms with Gasteiger partial charge >= 0.3 is 12.0 Å². The number of carbonyl (C=O) groups is 2. The smallest absolute Gasteiger partial charge is 0.340 e. The van der Waals surface area contributed by atoms with Crippen molar-refractivity contribution >= 4 is 35.0 Å². The van der Waals surface area contributed by atoms with Gasteiger partial charge in [-0.2, -0.15) is 4.99 Å². The average Bonchev–Trinajstić information content (AvgIpc) is 3.22. The quantitative estimate of drug-likeness (QED) is 0.245. The Morgan fingerprint density at radius 2 is 1.57 bits per heavy atom. The van der Waals surface area contributed by atoms with Crippen LogP contribution in [0.2, 0.25) is 0 Å². The molecule has 7 nitrogen and oxygen atoms in total. The molecule has 0 aromatic heterocycles. The highest BCUT2D eigenvalue weighted by Gasteiger charge is 2.35. The molecule has 0 unspecified atom stereocenters. The van der Waals surface area contributed by atoms with E-state index in [-0.39, 0.29) is 24.3 Å². The maximum Gasteiger partial charge on any atom is 0.340 e. The number of esters is 1. The number of anilines is 2. The zero-order valence-corrected chi connectivity index (χ0v) is 21.2. The van der Waals surface area contributed by atoms with Crippen LogP contribution in [0.25, 0.3) is 0 Å². The van der Waals surface area contributed by atoms with Crippen LogP contribution in [0.4, 0.5) is 17.1 Å². The van der Waals surface area contributed by atoms with Gasteiger partial charge in [-0.05, 0) is 55.8 Å². The minimum Gasteiger partial charge on any atom is -0.462 e. The van der Waals surface area contributed by atoms with Crippen molar-refractivity contribution in [1.29, 1.82) is 0 Å². The molecule has 3 aromatic rings. The normalized spacial score (nSPS) is 15.2. The van der Waals surface area contributed by atoms with Crippen molar-refractivity contribution in [1.82, 2.24) is 4.90 Å². The Labute approximate surface area is 217 Å². The maximum absolute atomic E-state index is 13.4. The summed E-state index contributed by atoms with van der Waals surface area (Å²) in [6, 6.07) is 27.0. The van der Waals surface area contributed by atoms with Crippen molar-refractivity contribution in [3.8, 4) is 0 Å². The zero-order chi connectivity index (χ0) is 26.0. The summed E-state index contributed by atoms with van der Waals surface area (Å²) in [6.07, 6.45) is 3.48. The summed E-state index contributed by atoms with van der Waals surface area (Å²) in [5.74, 6) is -0.508. The standard InChI is InChI=1S/C30H31N3O4/c1-3-5-21-33-28(34)27(37-30(33)31-26-19-13-12-18-25(26)29(35)36-4-2)20-22-32(23-14-8-6-9-15-23)24-16-10-7-11-17-24/h6-20H,3-5,21-22H2,1-2H3/b27-20+,31-30+. The van der Waals surface area contributed by atoms with Crippen LogP contribution >= 0.6 is 0 Å². The van der Waals surface area contributed by atoms with E-state index < -0.39 is 5.97 Å². The molecule has 0 aliphatic carbocycles. The molecule has 190 valence electrons. The second-order valence-corrected chi connectivity index (χ2v) is 8.39. The van der Waals surface area contributed by atoms with Crippen molar-refractivity contribution in [2.45, 2.75) is 26.7 Å². The number of rotatable bonds is 10. The van der Waals surface area contributed by atoms with E-state index in [4.69, 9.17) is 9.47 Å². The summed E-state index contributed by atoms with van der Waals surface area (Å²) in [5, 5.41) is 0. The number of nitrogens with zero attached hydrogens (tertiary/aromatic N) is 3. The highest BCUT2D eigenvalue weighted by atomic mass is 16.5. The molecule has 0 spiro atoms. The average molecular weight is 498 g/mol. The van der Waals surface area contributed by atoms with E-state index >= 15 is 0 Å². The third-order valence-electron chi connectivity index (χ3n) is 5.83. The molecule has 1 aliphatic heterocycles. The van der Waals surface area contributed by atoms with Gasteiger partial charge in [0, 0.05) is 24.5 Å². The molecule has 7 heteroatoms. The lowest BCUT2D eigenvalue weighted by Crippen LogP contribution is -2.31. The lowest BCUT2D eigenvalue weighted by Gasteiger charge is -2.23. The van der Waals surface area contributed by atoms with Gasteiger partial charge in [0.05, 0.1) is 17.9 Å². The Kier molecular flexibility index (Phi) is 8.70. The SMILES string of the molecule is CCCCN1C(=O)/C(=C\CN(c2ccccc2)c2ccccc2)O/C1=N/c1ccccc1C(=O)OCC. The van der Waals surface area contributed by atoms with Gasteiger partial charge < -0.3 is 14.4 Å². The highest BCUT2D eigenvalue weighted by molar-refractivity contribution is 6.10. The second kappa shape index (κ2) is 12.5. The van der Waals surface area contributed by atoms with E-state index in [1.54, 1.807) is 37.3 Å². The number of carbonyl (C=O) groups excluding carboxylic acids is 2. The van der Waals surface area contributed by atoms with Crippen LogP contribution in [-0.4, -0.2) is 42.5 Å². The van der Waals surface area contributed by atoms with Crippen LogP contribution in [0, 0.1) is 0 Å². The van der Waals surface area contributed by atoms with Crippen LogP contribution in [0.3, 0.4) is 0 Å². The largest absolute Gasteiger partial charge is 0.462 e. The molecule has 1 amide bonds. The van der Waals surface area contributed by atoms with Gasteiger partial charge in [0.1, 0.15) is 0 Å². The zero-order valence-electron chi connectivity index (χ0n) is 21.2. The van der Waals surface area contributed by atoms with E-state index in [0.29, 0.717) is 24.3 Å². The van der Waals surface area contributed by atoms with Gasteiger partial charge in [0.25, 0.3) is 5.91 Å². The van der Waals surface area contributed by atoms with Crippen molar-refractivity contribution in [2.24, 2.45) is 4.99 Å². The molecule has 3 aromatic carbocycles. The first-order valence-corrected chi connectivity index (χ1v) is 12.5. The summed E-state index contributed by atoms with van der Waals surface area (Å²) in [4.78, 5) is 34.0. The van der Waals surface area contributed by atoms with Crippen LogP contribution < -0.4 is 4.90 Å². The number of benzene rings is 3. The van der Waals surface area contributed by atoms with E-state index in [2.05, 4.69) is 16.8 Å². The first kappa shape index (κ1) is 25.7. The second-order valence-electron chi connectivity index (χ2n) is 8.39.